The lowest BCUT2D eigenvalue weighted by Crippen LogP contribution is -2.15. The van der Waals surface area contributed by atoms with E-state index < -0.39 is 28.7 Å². The van der Waals surface area contributed by atoms with E-state index in [1.165, 1.54) is 24.3 Å². The summed E-state index contributed by atoms with van der Waals surface area (Å²) in [6, 6.07) is 6.13. The van der Waals surface area contributed by atoms with E-state index in [9.17, 15) is 23.1 Å². The fraction of sp³-hybridized carbons (Fsp3) is 0.167. The van der Waals surface area contributed by atoms with Gasteiger partial charge in [-0.25, -0.2) is 0 Å². The van der Waals surface area contributed by atoms with Gasteiger partial charge in [-0.05, 0) is 49.2 Å². The minimum absolute atomic E-state index is 0.0281. The zero-order chi connectivity index (χ0) is 19.2. The van der Waals surface area contributed by atoms with Crippen LogP contribution in [-0.4, -0.2) is 5.11 Å². The normalized spacial score (nSPS) is 11.8. The van der Waals surface area contributed by atoms with Crippen molar-refractivity contribution in [1.29, 1.82) is 0 Å². The molecular formula is C18H12ClF3O4. The summed E-state index contributed by atoms with van der Waals surface area (Å²) in [6.45, 7) is 3.33. The van der Waals surface area contributed by atoms with Crippen molar-refractivity contribution in [2.75, 3.05) is 0 Å². The van der Waals surface area contributed by atoms with Gasteiger partial charge in [0, 0.05) is 11.1 Å². The third kappa shape index (κ3) is 3.22. The van der Waals surface area contributed by atoms with Crippen LogP contribution < -0.4 is 10.2 Å². The predicted molar refractivity (Wildman–Crippen MR) is 90.2 cm³/mol. The number of alkyl halides is 3. The molecule has 1 aromatic heterocycles. The van der Waals surface area contributed by atoms with E-state index in [0.29, 0.717) is 16.1 Å². The van der Waals surface area contributed by atoms with Crippen LogP contribution in [0.3, 0.4) is 0 Å². The van der Waals surface area contributed by atoms with E-state index in [1.54, 1.807) is 13.8 Å². The molecule has 0 saturated carbocycles. The molecule has 0 aliphatic heterocycles. The molecule has 0 atom stereocenters. The Morgan fingerprint density at radius 1 is 1.12 bits per heavy atom. The van der Waals surface area contributed by atoms with Gasteiger partial charge >= 0.3 is 6.18 Å². The molecule has 8 heteroatoms. The summed E-state index contributed by atoms with van der Waals surface area (Å²) in [5, 5.41) is 9.73. The van der Waals surface area contributed by atoms with Crippen molar-refractivity contribution >= 4 is 22.6 Å². The quantitative estimate of drug-likeness (QED) is 0.626. The molecule has 2 aromatic carbocycles. The lowest BCUT2D eigenvalue weighted by Gasteiger charge is -2.14. The fourth-order valence-electron chi connectivity index (χ4n) is 2.53. The number of rotatable bonds is 2. The molecule has 0 aliphatic carbocycles. The Bertz CT molecular complexity index is 1050. The SMILES string of the molecule is Cc1cc(Oc2c(C(F)(F)F)oc3cc(O)ccc3c2=O)cc(C)c1Cl. The van der Waals surface area contributed by atoms with Gasteiger partial charge in [-0.15, -0.1) is 0 Å². The molecule has 0 radical (unpaired) electrons. The fourth-order valence-corrected chi connectivity index (χ4v) is 2.64. The smallest absolute Gasteiger partial charge is 0.453 e. The second kappa shape index (κ2) is 6.25. The monoisotopic (exact) mass is 384 g/mol. The van der Waals surface area contributed by atoms with Crippen LogP contribution in [0.1, 0.15) is 16.9 Å². The average molecular weight is 385 g/mol. The zero-order valence-corrected chi connectivity index (χ0v) is 14.3. The van der Waals surface area contributed by atoms with Crippen molar-refractivity contribution in [1.82, 2.24) is 0 Å². The molecule has 4 nitrogen and oxygen atoms in total. The van der Waals surface area contributed by atoms with Gasteiger partial charge in [0.1, 0.15) is 17.1 Å². The molecule has 26 heavy (non-hydrogen) atoms. The Hall–Kier alpha value is -2.67. The van der Waals surface area contributed by atoms with Gasteiger partial charge in [-0.1, -0.05) is 11.6 Å². The third-order valence-corrected chi connectivity index (χ3v) is 4.32. The summed E-state index contributed by atoms with van der Waals surface area (Å²) in [6.07, 6.45) is -4.97. The van der Waals surface area contributed by atoms with Crippen molar-refractivity contribution in [3.05, 3.63) is 62.5 Å². The topological polar surface area (TPSA) is 59.7 Å². The largest absolute Gasteiger partial charge is 0.508 e. The maximum absolute atomic E-state index is 13.4. The van der Waals surface area contributed by atoms with E-state index in [2.05, 4.69) is 0 Å². The Kier molecular flexibility index (Phi) is 4.36. The number of aromatic hydroxyl groups is 1. The molecule has 0 saturated heterocycles. The first kappa shape index (κ1) is 18.1. The number of hydrogen-bond acceptors (Lipinski definition) is 4. The second-order valence-corrected chi connectivity index (χ2v) is 6.12. The molecule has 0 amide bonds. The first-order valence-corrected chi connectivity index (χ1v) is 7.77. The van der Waals surface area contributed by atoms with Crippen molar-refractivity contribution in [3.63, 3.8) is 0 Å². The van der Waals surface area contributed by atoms with Gasteiger partial charge in [-0.2, -0.15) is 13.2 Å². The molecule has 3 rings (SSSR count). The molecule has 1 N–H and O–H groups in total. The van der Waals surface area contributed by atoms with Gasteiger partial charge in [0.05, 0.1) is 5.39 Å². The van der Waals surface area contributed by atoms with Gasteiger partial charge in [0.15, 0.2) is 0 Å². The average Bonchev–Trinajstić information content (AvgIpc) is 2.53. The van der Waals surface area contributed by atoms with Crippen LogP contribution in [0.2, 0.25) is 5.02 Å². The predicted octanol–water partition coefficient (Wildman–Crippen LogP) is 5.58. The van der Waals surface area contributed by atoms with Crippen LogP contribution in [0.25, 0.3) is 11.0 Å². The maximum Gasteiger partial charge on any atom is 0.453 e. The molecule has 0 spiro atoms. The van der Waals surface area contributed by atoms with E-state index in [0.717, 1.165) is 6.07 Å². The number of fused-ring (bicyclic) bond motifs is 1. The van der Waals surface area contributed by atoms with Crippen molar-refractivity contribution in [2.45, 2.75) is 20.0 Å². The number of benzene rings is 2. The number of hydrogen-bond donors (Lipinski definition) is 1. The lowest BCUT2D eigenvalue weighted by molar-refractivity contribution is -0.154. The molecular weight excluding hydrogens is 373 g/mol. The lowest BCUT2D eigenvalue weighted by atomic mass is 10.1. The first-order chi connectivity index (χ1) is 12.1. The van der Waals surface area contributed by atoms with E-state index in [4.69, 9.17) is 20.8 Å². The first-order valence-electron chi connectivity index (χ1n) is 7.39. The minimum Gasteiger partial charge on any atom is -0.508 e. The van der Waals surface area contributed by atoms with E-state index in [1.807, 2.05) is 0 Å². The van der Waals surface area contributed by atoms with Crippen LogP contribution in [0.5, 0.6) is 17.2 Å². The Morgan fingerprint density at radius 2 is 1.73 bits per heavy atom. The number of phenols is 1. The number of halogens is 4. The Balaban J connectivity index is 2.26. The molecule has 1 heterocycles. The Labute approximate surface area is 150 Å². The van der Waals surface area contributed by atoms with E-state index >= 15 is 0 Å². The van der Waals surface area contributed by atoms with E-state index in [-0.39, 0.29) is 16.9 Å². The van der Waals surface area contributed by atoms with Gasteiger partial charge < -0.3 is 14.3 Å². The number of ether oxygens (including phenoxy) is 1. The second-order valence-electron chi connectivity index (χ2n) is 5.74. The van der Waals surface area contributed by atoms with Crippen LogP contribution in [-0.2, 0) is 6.18 Å². The Morgan fingerprint density at radius 3 is 2.31 bits per heavy atom. The van der Waals surface area contributed by atoms with Crippen LogP contribution in [0, 0.1) is 13.8 Å². The molecule has 0 fully saturated rings. The maximum atomic E-state index is 13.4. The number of phenolic OH excluding ortho intramolecular Hbond substituents is 1. The summed E-state index contributed by atoms with van der Waals surface area (Å²) in [5.41, 5.74) is -0.211. The number of aryl methyl sites for hydroxylation is 2. The minimum atomic E-state index is -4.97. The summed E-state index contributed by atoms with van der Waals surface area (Å²) in [4.78, 5) is 12.6. The van der Waals surface area contributed by atoms with Crippen LogP contribution in [0.4, 0.5) is 13.2 Å². The van der Waals surface area contributed by atoms with Crippen molar-refractivity contribution < 1.29 is 27.4 Å². The summed E-state index contributed by atoms with van der Waals surface area (Å²) in [5.74, 6) is -2.85. The zero-order valence-electron chi connectivity index (χ0n) is 13.6. The highest BCUT2D eigenvalue weighted by molar-refractivity contribution is 6.32. The van der Waals surface area contributed by atoms with Crippen LogP contribution >= 0.6 is 11.6 Å². The van der Waals surface area contributed by atoms with Crippen molar-refractivity contribution in [3.8, 4) is 17.2 Å². The summed E-state index contributed by atoms with van der Waals surface area (Å²) >= 11 is 6.04. The molecule has 136 valence electrons. The standard InChI is InChI=1S/C18H12ClF3O4/c1-8-5-11(6-9(2)14(8)19)25-16-15(24)12-4-3-10(23)7-13(12)26-17(16)18(20,21)22/h3-7,23H,1-2H3. The molecule has 0 aliphatic rings. The van der Waals surface area contributed by atoms with Gasteiger partial charge in [0.25, 0.3) is 5.76 Å². The van der Waals surface area contributed by atoms with Gasteiger partial charge in [0.2, 0.25) is 11.2 Å². The van der Waals surface area contributed by atoms with Crippen molar-refractivity contribution in [2.24, 2.45) is 0 Å². The highest BCUT2D eigenvalue weighted by Crippen LogP contribution is 2.39. The molecule has 0 unspecified atom stereocenters. The molecule has 0 bridgehead atoms. The van der Waals surface area contributed by atoms with Gasteiger partial charge in [-0.3, -0.25) is 4.79 Å². The van der Waals surface area contributed by atoms with Crippen LogP contribution in [0.15, 0.2) is 39.5 Å². The summed E-state index contributed by atoms with van der Waals surface area (Å²) in [7, 11) is 0. The summed E-state index contributed by atoms with van der Waals surface area (Å²) < 4.78 is 50.3. The highest BCUT2D eigenvalue weighted by Gasteiger charge is 2.40. The highest BCUT2D eigenvalue weighted by atomic mass is 35.5. The third-order valence-electron chi connectivity index (χ3n) is 3.72. The molecule has 3 aromatic rings.